The Labute approximate surface area is 164 Å². The number of aromatic nitrogens is 5. The first kappa shape index (κ1) is 18.1. The molecule has 1 aromatic carbocycles. The minimum absolute atomic E-state index is 0.000245. The maximum Gasteiger partial charge on any atom is 0.277 e. The summed E-state index contributed by atoms with van der Waals surface area (Å²) in [4.78, 5) is 28.4. The Bertz CT molecular complexity index is 1340. The van der Waals surface area contributed by atoms with E-state index in [1.807, 2.05) is 44.2 Å². The molecule has 0 bridgehead atoms. The molecule has 0 spiro atoms. The average Bonchev–Trinajstić information content (AvgIpc) is 3.11. The van der Waals surface area contributed by atoms with Gasteiger partial charge in [0.15, 0.2) is 11.6 Å². The highest BCUT2D eigenvalue weighted by atomic mass is 16.2. The van der Waals surface area contributed by atoms with Gasteiger partial charge in [-0.25, -0.2) is 10.1 Å². The molecule has 2 N–H and O–H groups in total. The minimum atomic E-state index is -0.590. The van der Waals surface area contributed by atoms with Crippen LogP contribution in [0, 0.1) is 25.2 Å². The van der Waals surface area contributed by atoms with Gasteiger partial charge in [0, 0.05) is 11.5 Å². The van der Waals surface area contributed by atoms with E-state index in [1.165, 1.54) is 23.0 Å². The normalized spacial score (nSPS) is 10.7. The summed E-state index contributed by atoms with van der Waals surface area (Å²) in [5.41, 5.74) is 2.56. The summed E-state index contributed by atoms with van der Waals surface area (Å²) in [6.07, 6.45) is 1.36. The van der Waals surface area contributed by atoms with Crippen LogP contribution < -0.4 is 10.9 Å². The summed E-state index contributed by atoms with van der Waals surface area (Å²) < 4.78 is 1.40. The summed E-state index contributed by atoms with van der Waals surface area (Å²) in [5.74, 6) is 0.0500. The van der Waals surface area contributed by atoms with Gasteiger partial charge in [0.2, 0.25) is 0 Å². The van der Waals surface area contributed by atoms with Crippen LogP contribution >= 0.6 is 0 Å². The molecule has 0 atom stereocenters. The van der Waals surface area contributed by atoms with Crippen molar-refractivity contribution in [2.75, 3.05) is 5.32 Å². The summed E-state index contributed by atoms with van der Waals surface area (Å²) in [6, 6.07) is 12.3. The first-order valence-electron chi connectivity index (χ1n) is 8.70. The van der Waals surface area contributed by atoms with Crippen molar-refractivity contribution in [3.63, 3.8) is 0 Å². The molecule has 4 aromatic rings. The predicted molar refractivity (Wildman–Crippen MR) is 106 cm³/mol. The zero-order valence-electron chi connectivity index (χ0n) is 15.6. The van der Waals surface area contributed by atoms with E-state index < -0.39 is 11.5 Å². The third kappa shape index (κ3) is 3.23. The monoisotopic (exact) mass is 385 g/mol. The Morgan fingerprint density at radius 3 is 2.76 bits per heavy atom. The third-order valence-corrected chi connectivity index (χ3v) is 4.48. The number of fused-ring (bicyclic) bond motifs is 1. The van der Waals surface area contributed by atoms with Crippen LogP contribution in [0.2, 0.25) is 0 Å². The van der Waals surface area contributed by atoms with Gasteiger partial charge in [-0.3, -0.25) is 9.59 Å². The SMILES string of the molecule is Cc1cc(-n2ncc(C#N)c2NC(=O)c2ccc(=O)[nH]n2)nc2c(C)cccc12. The summed E-state index contributed by atoms with van der Waals surface area (Å²) in [5, 5.41) is 23.2. The van der Waals surface area contributed by atoms with Crippen LogP contribution in [0.1, 0.15) is 27.2 Å². The van der Waals surface area contributed by atoms with Gasteiger partial charge in [-0.2, -0.15) is 20.1 Å². The smallest absolute Gasteiger partial charge is 0.277 e. The van der Waals surface area contributed by atoms with Crippen molar-refractivity contribution in [1.29, 1.82) is 5.26 Å². The molecule has 29 heavy (non-hydrogen) atoms. The van der Waals surface area contributed by atoms with Crippen LogP contribution in [0.5, 0.6) is 0 Å². The second kappa shape index (κ2) is 7.01. The number of aromatic amines is 1. The number of pyridine rings is 1. The highest BCUT2D eigenvalue weighted by molar-refractivity contribution is 6.03. The zero-order valence-corrected chi connectivity index (χ0v) is 15.6. The Balaban J connectivity index is 1.81. The molecule has 0 fully saturated rings. The number of hydrogen-bond acceptors (Lipinski definition) is 6. The lowest BCUT2D eigenvalue weighted by molar-refractivity contribution is 0.102. The third-order valence-electron chi connectivity index (χ3n) is 4.48. The van der Waals surface area contributed by atoms with Gasteiger partial charge in [0.05, 0.1) is 11.7 Å². The van der Waals surface area contributed by atoms with Crippen LogP contribution in [-0.2, 0) is 0 Å². The molecule has 0 radical (unpaired) electrons. The number of anilines is 1. The Hall–Kier alpha value is -4.32. The van der Waals surface area contributed by atoms with E-state index in [4.69, 9.17) is 0 Å². The van der Waals surface area contributed by atoms with Gasteiger partial charge in [-0.15, -0.1) is 0 Å². The number of rotatable bonds is 3. The zero-order chi connectivity index (χ0) is 20.5. The van der Waals surface area contributed by atoms with Gasteiger partial charge in [0.1, 0.15) is 17.3 Å². The topological polar surface area (TPSA) is 129 Å². The lowest BCUT2D eigenvalue weighted by atomic mass is 10.1. The number of para-hydroxylation sites is 1. The number of H-pyrrole nitrogens is 1. The number of carbonyl (C=O) groups is 1. The quantitative estimate of drug-likeness (QED) is 0.556. The van der Waals surface area contributed by atoms with E-state index in [2.05, 4.69) is 25.6 Å². The minimum Gasteiger partial charge on any atom is -0.304 e. The van der Waals surface area contributed by atoms with Crippen molar-refractivity contribution in [1.82, 2.24) is 25.0 Å². The average molecular weight is 385 g/mol. The molecule has 3 aromatic heterocycles. The van der Waals surface area contributed by atoms with Crippen molar-refractivity contribution in [2.45, 2.75) is 13.8 Å². The fourth-order valence-corrected chi connectivity index (χ4v) is 3.02. The number of hydrogen-bond donors (Lipinski definition) is 2. The van der Waals surface area contributed by atoms with E-state index in [-0.39, 0.29) is 17.1 Å². The summed E-state index contributed by atoms with van der Waals surface area (Å²) >= 11 is 0. The molecule has 0 aliphatic rings. The molecule has 0 aliphatic carbocycles. The molecule has 0 aliphatic heterocycles. The molecular weight excluding hydrogens is 370 g/mol. The second-order valence-electron chi connectivity index (χ2n) is 6.46. The molecule has 0 saturated carbocycles. The van der Waals surface area contributed by atoms with E-state index in [0.717, 1.165) is 22.0 Å². The largest absolute Gasteiger partial charge is 0.304 e. The molecule has 142 valence electrons. The maximum absolute atomic E-state index is 12.5. The second-order valence-corrected chi connectivity index (χ2v) is 6.46. The fourth-order valence-electron chi connectivity index (χ4n) is 3.02. The fraction of sp³-hybridized carbons (Fsp3) is 0.100. The Morgan fingerprint density at radius 2 is 2.03 bits per heavy atom. The number of carbonyl (C=O) groups excluding carboxylic acids is 1. The van der Waals surface area contributed by atoms with Crippen molar-refractivity contribution < 1.29 is 4.79 Å². The number of aryl methyl sites for hydroxylation is 2. The van der Waals surface area contributed by atoms with Gasteiger partial charge >= 0.3 is 0 Å². The van der Waals surface area contributed by atoms with Crippen LogP contribution in [0.3, 0.4) is 0 Å². The van der Waals surface area contributed by atoms with Gasteiger partial charge in [-0.1, -0.05) is 18.2 Å². The van der Waals surface area contributed by atoms with Crippen LogP contribution in [0.25, 0.3) is 16.7 Å². The molecular formula is C20H15N7O2. The van der Waals surface area contributed by atoms with Crippen LogP contribution in [0.4, 0.5) is 5.82 Å². The molecule has 0 unspecified atom stereocenters. The van der Waals surface area contributed by atoms with Crippen molar-refractivity contribution in [3.05, 3.63) is 75.3 Å². The van der Waals surface area contributed by atoms with E-state index in [9.17, 15) is 14.9 Å². The lowest BCUT2D eigenvalue weighted by Gasteiger charge is -2.12. The summed E-state index contributed by atoms with van der Waals surface area (Å²) in [6.45, 7) is 3.93. The van der Waals surface area contributed by atoms with E-state index >= 15 is 0 Å². The molecule has 0 saturated heterocycles. The lowest BCUT2D eigenvalue weighted by Crippen LogP contribution is -2.20. The number of amides is 1. The standard InChI is InChI=1S/C20H15N7O2/c1-11-4-3-5-14-12(2)8-16(23-18(11)14)27-19(13(9-21)10-22-27)24-20(29)15-6-7-17(28)26-25-15/h3-8,10H,1-2H3,(H,24,29)(H,26,28). The molecule has 9 heteroatoms. The van der Waals surface area contributed by atoms with Crippen molar-refractivity contribution >= 4 is 22.6 Å². The highest BCUT2D eigenvalue weighted by Crippen LogP contribution is 2.25. The highest BCUT2D eigenvalue weighted by Gasteiger charge is 2.18. The van der Waals surface area contributed by atoms with Crippen LogP contribution in [0.15, 0.2) is 47.4 Å². The summed E-state index contributed by atoms with van der Waals surface area (Å²) in [7, 11) is 0. The molecule has 4 rings (SSSR count). The number of nitriles is 1. The molecule has 9 nitrogen and oxygen atoms in total. The predicted octanol–water partition coefficient (Wildman–Crippen LogP) is 2.24. The van der Waals surface area contributed by atoms with Gasteiger partial charge in [-0.05, 0) is 37.1 Å². The van der Waals surface area contributed by atoms with Crippen molar-refractivity contribution in [3.8, 4) is 11.9 Å². The van der Waals surface area contributed by atoms with Gasteiger partial charge < -0.3 is 5.32 Å². The van der Waals surface area contributed by atoms with Gasteiger partial charge in [0.25, 0.3) is 11.5 Å². The Kier molecular flexibility index (Phi) is 4.37. The Morgan fingerprint density at radius 1 is 1.21 bits per heavy atom. The van der Waals surface area contributed by atoms with Crippen molar-refractivity contribution in [2.24, 2.45) is 0 Å². The van der Waals surface area contributed by atoms with E-state index in [0.29, 0.717) is 5.82 Å². The van der Waals surface area contributed by atoms with E-state index in [1.54, 1.807) is 0 Å². The molecule has 3 heterocycles. The maximum atomic E-state index is 12.5. The first-order chi connectivity index (χ1) is 14.0. The number of nitrogens with zero attached hydrogens (tertiary/aromatic N) is 5. The van der Waals surface area contributed by atoms with Crippen LogP contribution in [-0.4, -0.2) is 30.9 Å². The first-order valence-corrected chi connectivity index (χ1v) is 8.70. The molecule has 1 amide bonds. The number of benzene rings is 1. The number of nitrogens with one attached hydrogen (secondary N) is 2.